The molecule has 0 saturated carbocycles. The molecule has 1 amide bonds. The lowest BCUT2D eigenvalue weighted by atomic mass is 10.1. The van der Waals surface area contributed by atoms with Crippen LogP contribution in [0.1, 0.15) is 36.2 Å². The van der Waals surface area contributed by atoms with Gasteiger partial charge in [0.15, 0.2) is 0 Å². The molecule has 132 valence electrons. The number of carbonyl (C=O) groups excluding carboxylic acids is 1. The maximum Gasteiger partial charge on any atom is 0.288 e. The number of carbonyl (C=O) groups is 1. The van der Waals surface area contributed by atoms with Crippen LogP contribution >= 0.6 is 11.6 Å². The average Bonchev–Trinajstić information content (AvgIpc) is 2.59. The van der Waals surface area contributed by atoms with Crippen LogP contribution in [0.3, 0.4) is 0 Å². The van der Waals surface area contributed by atoms with Gasteiger partial charge >= 0.3 is 0 Å². The minimum absolute atomic E-state index is 0.0262. The largest absolute Gasteiger partial charge is 0.334 e. The second kappa shape index (κ2) is 8.62. The van der Waals surface area contributed by atoms with Crippen LogP contribution in [-0.4, -0.2) is 22.3 Å². The summed E-state index contributed by atoms with van der Waals surface area (Å²) < 4.78 is 0. The molecule has 2 rings (SSSR count). The summed E-state index contributed by atoms with van der Waals surface area (Å²) >= 11 is 5.84. The van der Waals surface area contributed by atoms with Gasteiger partial charge in [-0.2, -0.15) is 0 Å². The van der Waals surface area contributed by atoms with Crippen molar-refractivity contribution >= 4 is 23.2 Å². The number of nitro groups is 1. The SMILES string of the molecule is CC(C)CCN(Cc1ccccc1)C(=O)c1ccc(Cl)c([N+](=O)[O-])c1. The third-order valence-electron chi connectivity index (χ3n) is 3.87. The Morgan fingerprint density at radius 2 is 1.88 bits per heavy atom. The molecule has 25 heavy (non-hydrogen) atoms. The molecule has 5 nitrogen and oxygen atoms in total. The minimum Gasteiger partial charge on any atom is -0.334 e. The van der Waals surface area contributed by atoms with Crippen LogP contribution < -0.4 is 0 Å². The van der Waals surface area contributed by atoms with Crippen LogP contribution in [0.4, 0.5) is 5.69 Å². The number of amides is 1. The highest BCUT2D eigenvalue weighted by Crippen LogP contribution is 2.26. The second-order valence-electron chi connectivity index (χ2n) is 6.32. The lowest BCUT2D eigenvalue weighted by Gasteiger charge is -2.24. The fourth-order valence-corrected chi connectivity index (χ4v) is 2.62. The Kier molecular flexibility index (Phi) is 6.53. The van der Waals surface area contributed by atoms with Gasteiger partial charge in [-0.3, -0.25) is 14.9 Å². The van der Waals surface area contributed by atoms with E-state index in [0.717, 1.165) is 12.0 Å². The number of nitro benzene ring substituents is 1. The zero-order chi connectivity index (χ0) is 18.4. The summed E-state index contributed by atoms with van der Waals surface area (Å²) in [7, 11) is 0. The molecule has 0 aliphatic heterocycles. The van der Waals surface area contributed by atoms with E-state index in [1.54, 1.807) is 4.90 Å². The van der Waals surface area contributed by atoms with Gasteiger partial charge in [-0.15, -0.1) is 0 Å². The van der Waals surface area contributed by atoms with Crippen molar-refractivity contribution in [3.8, 4) is 0 Å². The van der Waals surface area contributed by atoms with Crippen molar-refractivity contribution in [2.24, 2.45) is 5.92 Å². The zero-order valence-corrected chi connectivity index (χ0v) is 15.1. The number of hydrogen-bond donors (Lipinski definition) is 0. The van der Waals surface area contributed by atoms with Crippen LogP contribution in [0.15, 0.2) is 48.5 Å². The summed E-state index contributed by atoms with van der Waals surface area (Å²) in [6.07, 6.45) is 0.855. The molecular formula is C19H21ClN2O3. The van der Waals surface area contributed by atoms with Gasteiger partial charge < -0.3 is 4.90 Å². The molecule has 0 atom stereocenters. The molecule has 0 radical (unpaired) electrons. The first kappa shape index (κ1) is 18.9. The maximum atomic E-state index is 12.9. The summed E-state index contributed by atoms with van der Waals surface area (Å²) in [5.74, 6) is 0.217. The maximum absolute atomic E-state index is 12.9. The van der Waals surface area contributed by atoms with E-state index in [0.29, 0.717) is 19.0 Å². The molecule has 6 heteroatoms. The van der Waals surface area contributed by atoms with Crippen LogP contribution in [0, 0.1) is 16.0 Å². The van der Waals surface area contributed by atoms with E-state index in [4.69, 9.17) is 11.6 Å². The van der Waals surface area contributed by atoms with E-state index in [1.807, 2.05) is 30.3 Å². The lowest BCUT2D eigenvalue weighted by Crippen LogP contribution is -2.32. The van der Waals surface area contributed by atoms with E-state index in [-0.39, 0.29) is 22.2 Å². The third kappa shape index (κ3) is 5.29. The monoisotopic (exact) mass is 360 g/mol. The third-order valence-corrected chi connectivity index (χ3v) is 4.19. The van der Waals surface area contributed by atoms with Gasteiger partial charge in [-0.25, -0.2) is 0 Å². The predicted octanol–water partition coefficient (Wildman–Crippen LogP) is 4.94. The molecular weight excluding hydrogens is 340 g/mol. The molecule has 0 heterocycles. The van der Waals surface area contributed by atoms with Crippen molar-refractivity contribution in [3.05, 3.63) is 74.8 Å². The fraction of sp³-hybridized carbons (Fsp3) is 0.316. The summed E-state index contributed by atoms with van der Waals surface area (Å²) in [5, 5.41) is 11.1. The Bertz CT molecular complexity index is 748. The molecule has 2 aromatic rings. The highest BCUT2D eigenvalue weighted by atomic mass is 35.5. The number of benzene rings is 2. The van der Waals surface area contributed by atoms with Gasteiger partial charge in [-0.05, 0) is 30.0 Å². The Morgan fingerprint density at radius 1 is 1.20 bits per heavy atom. The standard InChI is InChI=1S/C19H21ClN2O3/c1-14(2)10-11-21(13-15-6-4-3-5-7-15)19(23)16-8-9-17(20)18(12-16)22(24)25/h3-9,12,14H,10-11,13H2,1-2H3. The van der Waals surface area contributed by atoms with Crippen molar-refractivity contribution in [2.75, 3.05) is 6.54 Å². The Balaban J connectivity index is 2.27. The smallest absolute Gasteiger partial charge is 0.288 e. The molecule has 0 unspecified atom stereocenters. The van der Waals surface area contributed by atoms with Gasteiger partial charge in [-0.1, -0.05) is 55.8 Å². The average molecular weight is 361 g/mol. The topological polar surface area (TPSA) is 63.5 Å². The quantitative estimate of drug-likeness (QED) is 0.519. The summed E-state index contributed by atoms with van der Waals surface area (Å²) in [4.78, 5) is 25.1. The van der Waals surface area contributed by atoms with Gasteiger partial charge in [0.05, 0.1) is 4.92 Å². The van der Waals surface area contributed by atoms with E-state index >= 15 is 0 Å². The first-order chi connectivity index (χ1) is 11.9. The summed E-state index contributed by atoms with van der Waals surface area (Å²) in [6, 6.07) is 13.9. The van der Waals surface area contributed by atoms with Gasteiger partial charge in [0.2, 0.25) is 0 Å². The van der Waals surface area contributed by atoms with Gasteiger partial charge in [0.1, 0.15) is 5.02 Å². The zero-order valence-electron chi connectivity index (χ0n) is 14.3. The van der Waals surface area contributed by atoms with Crippen molar-refractivity contribution in [3.63, 3.8) is 0 Å². The highest BCUT2D eigenvalue weighted by Gasteiger charge is 2.21. The van der Waals surface area contributed by atoms with Crippen molar-refractivity contribution in [2.45, 2.75) is 26.8 Å². The first-order valence-electron chi connectivity index (χ1n) is 8.15. The molecule has 0 aromatic heterocycles. The summed E-state index contributed by atoms with van der Waals surface area (Å²) in [6.45, 7) is 5.24. The van der Waals surface area contributed by atoms with E-state index in [2.05, 4.69) is 13.8 Å². The molecule has 0 aliphatic carbocycles. The Morgan fingerprint density at radius 3 is 2.48 bits per heavy atom. The molecule has 0 fully saturated rings. The number of rotatable bonds is 7. The van der Waals surface area contributed by atoms with Crippen LogP contribution in [-0.2, 0) is 6.54 Å². The van der Waals surface area contributed by atoms with Crippen LogP contribution in [0.2, 0.25) is 5.02 Å². The van der Waals surface area contributed by atoms with E-state index in [9.17, 15) is 14.9 Å². The van der Waals surface area contributed by atoms with Gasteiger partial charge in [0.25, 0.3) is 11.6 Å². The molecule has 0 N–H and O–H groups in total. The number of halogens is 1. The summed E-state index contributed by atoms with van der Waals surface area (Å²) in [5.41, 5.74) is 1.04. The number of hydrogen-bond acceptors (Lipinski definition) is 3. The fourth-order valence-electron chi connectivity index (χ4n) is 2.44. The van der Waals surface area contributed by atoms with E-state index in [1.165, 1.54) is 18.2 Å². The van der Waals surface area contributed by atoms with Crippen LogP contribution in [0.5, 0.6) is 0 Å². The van der Waals surface area contributed by atoms with Crippen LogP contribution in [0.25, 0.3) is 0 Å². The predicted molar refractivity (Wildman–Crippen MR) is 98.7 cm³/mol. The second-order valence-corrected chi connectivity index (χ2v) is 6.73. The first-order valence-corrected chi connectivity index (χ1v) is 8.53. The lowest BCUT2D eigenvalue weighted by molar-refractivity contribution is -0.384. The van der Waals surface area contributed by atoms with Crippen molar-refractivity contribution < 1.29 is 9.72 Å². The Hall–Kier alpha value is -2.40. The minimum atomic E-state index is -0.575. The molecule has 0 spiro atoms. The molecule has 2 aromatic carbocycles. The number of nitrogens with zero attached hydrogens (tertiary/aromatic N) is 2. The molecule has 0 saturated heterocycles. The normalized spacial score (nSPS) is 10.7. The molecule has 0 aliphatic rings. The highest BCUT2D eigenvalue weighted by molar-refractivity contribution is 6.32. The molecule has 0 bridgehead atoms. The van der Waals surface area contributed by atoms with Crippen molar-refractivity contribution in [1.82, 2.24) is 4.90 Å². The Labute approximate surface area is 152 Å². The van der Waals surface area contributed by atoms with Gasteiger partial charge in [0, 0.05) is 24.7 Å². The van der Waals surface area contributed by atoms with E-state index < -0.39 is 4.92 Å². The van der Waals surface area contributed by atoms with Crippen molar-refractivity contribution in [1.29, 1.82) is 0 Å².